The van der Waals surface area contributed by atoms with Gasteiger partial charge in [0.15, 0.2) is 5.17 Å². The molecular formula is C29H25N5O5S. The van der Waals surface area contributed by atoms with Gasteiger partial charge in [0.25, 0.3) is 5.69 Å². The molecule has 0 aliphatic carbocycles. The number of aliphatic imine (C=N–C) groups is 1. The lowest BCUT2D eigenvalue weighted by Crippen LogP contribution is -2.38. The second-order valence-electron chi connectivity index (χ2n) is 8.91. The monoisotopic (exact) mass is 555 g/mol. The Kier molecular flexibility index (Phi) is 8.02. The van der Waals surface area contributed by atoms with Crippen molar-refractivity contribution in [3.63, 3.8) is 0 Å². The Bertz CT molecular complexity index is 1540. The first-order chi connectivity index (χ1) is 19.5. The fraction of sp³-hybridized carbons (Fsp3) is 0.172. The van der Waals surface area contributed by atoms with E-state index in [0.29, 0.717) is 34.2 Å². The van der Waals surface area contributed by atoms with Crippen molar-refractivity contribution in [2.45, 2.75) is 25.9 Å². The van der Waals surface area contributed by atoms with E-state index in [-0.39, 0.29) is 30.2 Å². The molecule has 2 aliphatic rings. The molecule has 1 N–H and O–H groups in total. The van der Waals surface area contributed by atoms with Crippen molar-refractivity contribution in [2.75, 3.05) is 6.61 Å². The fourth-order valence-corrected chi connectivity index (χ4v) is 5.46. The van der Waals surface area contributed by atoms with E-state index in [1.54, 1.807) is 42.4 Å². The number of thioether (sulfide) groups is 1. The first-order valence-corrected chi connectivity index (χ1v) is 13.4. The number of nitrogens with one attached hydrogen (secondary N) is 1. The van der Waals surface area contributed by atoms with Crippen LogP contribution in [0.15, 0.2) is 101 Å². The highest BCUT2D eigenvalue weighted by molar-refractivity contribution is 8.16. The Balaban J connectivity index is 1.56. The van der Waals surface area contributed by atoms with Gasteiger partial charge in [-0.1, -0.05) is 60.3 Å². The number of nitro benzene ring substituents is 1. The van der Waals surface area contributed by atoms with Crippen LogP contribution in [0.4, 0.5) is 5.69 Å². The number of esters is 1. The Morgan fingerprint density at radius 1 is 1.12 bits per heavy atom. The normalized spacial score (nSPS) is 16.1. The zero-order valence-electron chi connectivity index (χ0n) is 21.5. The molecular weight excluding hydrogens is 530 g/mol. The molecule has 2 aliphatic heterocycles. The number of amides is 1. The third kappa shape index (κ3) is 5.64. The third-order valence-corrected chi connectivity index (χ3v) is 7.19. The molecule has 3 aromatic rings. The first kappa shape index (κ1) is 26.8. The number of hydrogen-bond acceptors (Lipinski definition) is 9. The molecule has 1 unspecified atom stereocenters. The van der Waals surface area contributed by atoms with Gasteiger partial charge in [0.1, 0.15) is 0 Å². The van der Waals surface area contributed by atoms with E-state index in [2.05, 4.69) is 10.3 Å². The summed E-state index contributed by atoms with van der Waals surface area (Å²) in [6, 6.07) is 18.2. The van der Waals surface area contributed by atoms with E-state index >= 15 is 0 Å². The van der Waals surface area contributed by atoms with E-state index in [9.17, 15) is 19.7 Å². The lowest BCUT2D eigenvalue weighted by atomic mass is 9.91. The fourth-order valence-electron chi connectivity index (χ4n) is 4.54. The molecule has 0 saturated heterocycles. The Hall–Kier alpha value is -4.77. The summed E-state index contributed by atoms with van der Waals surface area (Å²) in [5.41, 5.74) is 3.22. The number of hydrogen-bond donors (Lipinski definition) is 1. The van der Waals surface area contributed by atoms with Crippen molar-refractivity contribution in [3.05, 3.63) is 123 Å². The maximum Gasteiger partial charge on any atom is 0.338 e. The zero-order valence-corrected chi connectivity index (χ0v) is 22.3. The number of aromatic nitrogens is 1. The number of fused-ring (bicyclic) bond motifs is 1. The van der Waals surface area contributed by atoms with Gasteiger partial charge in [-0.05, 0) is 29.5 Å². The van der Waals surface area contributed by atoms with Gasteiger partial charge in [-0.3, -0.25) is 19.9 Å². The number of nitro groups is 1. The lowest BCUT2D eigenvalue weighted by molar-refractivity contribution is -0.384. The minimum Gasteiger partial charge on any atom is -0.463 e. The molecule has 0 spiro atoms. The third-order valence-electron chi connectivity index (χ3n) is 6.30. The van der Waals surface area contributed by atoms with Crippen LogP contribution in [0.25, 0.3) is 5.70 Å². The second-order valence-corrected chi connectivity index (χ2v) is 9.75. The van der Waals surface area contributed by atoms with E-state index < -0.39 is 16.9 Å². The van der Waals surface area contributed by atoms with E-state index in [1.165, 1.54) is 23.9 Å². The summed E-state index contributed by atoms with van der Waals surface area (Å²) >= 11 is 1.33. The van der Waals surface area contributed by atoms with Crippen molar-refractivity contribution in [1.29, 1.82) is 0 Å². The van der Waals surface area contributed by atoms with Crippen molar-refractivity contribution >= 4 is 40.2 Å². The maximum absolute atomic E-state index is 13.5. The number of benzene rings is 2. The molecule has 1 atom stereocenters. The summed E-state index contributed by atoms with van der Waals surface area (Å²) in [4.78, 5) is 48.4. The molecule has 11 heteroatoms. The lowest BCUT2D eigenvalue weighted by Gasteiger charge is -2.36. The first-order valence-electron chi connectivity index (χ1n) is 12.6. The number of non-ortho nitro benzene ring substituents is 1. The molecule has 0 bridgehead atoms. The smallest absolute Gasteiger partial charge is 0.338 e. The summed E-state index contributed by atoms with van der Waals surface area (Å²) in [5, 5.41) is 16.9. The van der Waals surface area contributed by atoms with Crippen LogP contribution < -0.4 is 5.32 Å². The molecule has 202 valence electrons. The number of ether oxygens (including phenoxy) is 1. The van der Waals surface area contributed by atoms with Crippen LogP contribution in [-0.4, -0.2) is 38.5 Å². The molecule has 1 amide bonds. The number of carbonyl (C=O) groups is 2. The van der Waals surface area contributed by atoms with E-state index in [0.717, 1.165) is 5.56 Å². The van der Waals surface area contributed by atoms with Gasteiger partial charge in [-0.25, -0.2) is 9.79 Å². The molecule has 3 heterocycles. The summed E-state index contributed by atoms with van der Waals surface area (Å²) < 4.78 is 5.48. The standard InChI is InChI=1S/C29H25N5O5S/c1-2-39-28(36)25-26(20-9-4-3-5-10-20)32-29-33(27(25)21-11-6-12-22(14-21)34(37)38)23(18-40-29)15-24(35)31-17-19-8-7-13-30-16-19/h3-14,16,18,27H,2,15,17H2,1H3,(H,31,35). The van der Waals surface area contributed by atoms with Crippen molar-refractivity contribution in [2.24, 2.45) is 4.99 Å². The number of rotatable bonds is 9. The van der Waals surface area contributed by atoms with Crippen LogP contribution in [0, 0.1) is 10.1 Å². The van der Waals surface area contributed by atoms with Gasteiger partial charge in [-0.15, -0.1) is 0 Å². The summed E-state index contributed by atoms with van der Waals surface area (Å²) in [6.45, 7) is 2.16. The molecule has 0 fully saturated rings. The highest BCUT2D eigenvalue weighted by Gasteiger charge is 2.42. The van der Waals surface area contributed by atoms with E-state index in [1.807, 2.05) is 41.8 Å². The Morgan fingerprint density at radius 2 is 1.95 bits per heavy atom. The van der Waals surface area contributed by atoms with Crippen LogP contribution in [0.2, 0.25) is 0 Å². The van der Waals surface area contributed by atoms with Gasteiger partial charge in [0.2, 0.25) is 5.91 Å². The van der Waals surface area contributed by atoms with Gasteiger partial charge >= 0.3 is 5.97 Å². The molecule has 2 aromatic carbocycles. The van der Waals surface area contributed by atoms with Crippen LogP contribution >= 0.6 is 11.8 Å². The highest BCUT2D eigenvalue weighted by atomic mass is 32.2. The maximum atomic E-state index is 13.5. The predicted molar refractivity (Wildman–Crippen MR) is 151 cm³/mol. The minimum atomic E-state index is -0.811. The topological polar surface area (TPSA) is 127 Å². The SMILES string of the molecule is CCOC(=O)C1=C(c2ccccc2)N=C2SC=C(CC(=O)NCc3cccnc3)N2C1c1cccc([N+](=O)[O-])c1. The predicted octanol–water partition coefficient (Wildman–Crippen LogP) is 4.97. The molecule has 10 nitrogen and oxygen atoms in total. The number of nitrogens with zero attached hydrogens (tertiary/aromatic N) is 4. The average Bonchev–Trinajstić information content (AvgIpc) is 3.38. The summed E-state index contributed by atoms with van der Waals surface area (Å²) in [6.07, 6.45) is 3.35. The van der Waals surface area contributed by atoms with Crippen LogP contribution in [-0.2, 0) is 20.9 Å². The van der Waals surface area contributed by atoms with Crippen LogP contribution in [0.5, 0.6) is 0 Å². The Labute approximate surface area is 234 Å². The summed E-state index contributed by atoms with van der Waals surface area (Å²) in [5.74, 6) is -0.816. The average molecular weight is 556 g/mol. The largest absolute Gasteiger partial charge is 0.463 e. The number of pyridine rings is 1. The Morgan fingerprint density at radius 3 is 2.67 bits per heavy atom. The van der Waals surface area contributed by atoms with Crippen molar-refractivity contribution in [3.8, 4) is 0 Å². The van der Waals surface area contributed by atoms with Crippen molar-refractivity contribution < 1.29 is 19.2 Å². The molecule has 40 heavy (non-hydrogen) atoms. The zero-order chi connectivity index (χ0) is 28.1. The number of amidine groups is 1. The highest BCUT2D eigenvalue weighted by Crippen LogP contribution is 2.47. The number of carbonyl (C=O) groups excluding carboxylic acids is 2. The molecule has 1 aromatic heterocycles. The summed E-state index contributed by atoms with van der Waals surface area (Å²) in [7, 11) is 0. The molecule has 0 saturated carbocycles. The molecule has 5 rings (SSSR count). The quantitative estimate of drug-likeness (QED) is 0.223. The van der Waals surface area contributed by atoms with Crippen LogP contribution in [0.3, 0.4) is 0 Å². The minimum absolute atomic E-state index is 0.00842. The van der Waals surface area contributed by atoms with Gasteiger partial charge in [-0.2, -0.15) is 0 Å². The van der Waals surface area contributed by atoms with Crippen molar-refractivity contribution in [1.82, 2.24) is 15.2 Å². The van der Waals surface area contributed by atoms with Gasteiger partial charge < -0.3 is 15.0 Å². The van der Waals surface area contributed by atoms with Crippen LogP contribution in [0.1, 0.15) is 36.1 Å². The van der Waals surface area contributed by atoms with Gasteiger partial charge in [0, 0.05) is 42.3 Å². The van der Waals surface area contributed by atoms with Gasteiger partial charge in [0.05, 0.1) is 35.3 Å². The second kappa shape index (κ2) is 12.0. The van der Waals surface area contributed by atoms with E-state index in [4.69, 9.17) is 9.73 Å². The molecule has 0 radical (unpaired) electrons.